The Kier molecular flexibility index (Phi) is 1.54. The summed E-state index contributed by atoms with van der Waals surface area (Å²) in [7, 11) is 2.03. The Hall–Kier alpha value is -1.44. The zero-order valence-electron chi connectivity index (χ0n) is 7.17. The fraction of sp³-hybridized carbons (Fsp3) is 0.200. The van der Waals surface area contributed by atoms with Crippen LogP contribution in [0.2, 0.25) is 0 Å². The van der Waals surface area contributed by atoms with E-state index in [0.29, 0.717) is 0 Å². The second-order valence-corrected chi connectivity index (χ2v) is 3.08. The lowest BCUT2D eigenvalue weighted by Gasteiger charge is -2.29. The van der Waals surface area contributed by atoms with Crippen LogP contribution in [0.25, 0.3) is 0 Å². The first-order valence-corrected chi connectivity index (χ1v) is 4.02. The Morgan fingerprint density at radius 2 is 2.17 bits per heavy atom. The second-order valence-electron chi connectivity index (χ2n) is 3.08. The van der Waals surface area contributed by atoms with Gasteiger partial charge in [-0.3, -0.25) is 0 Å². The van der Waals surface area contributed by atoms with Crippen molar-refractivity contribution in [2.75, 3.05) is 12.4 Å². The Balaban J connectivity index is 2.40. The van der Waals surface area contributed by atoms with Crippen molar-refractivity contribution in [2.45, 2.75) is 6.54 Å². The first kappa shape index (κ1) is 7.22. The summed E-state index contributed by atoms with van der Waals surface area (Å²) in [6.07, 6.45) is 0. The topological polar surface area (TPSA) is 15.3 Å². The molecule has 0 saturated carbocycles. The number of fused-ring (bicyclic) bond motifs is 1. The zero-order valence-corrected chi connectivity index (χ0v) is 7.17. The number of hydrogen-bond acceptors (Lipinski definition) is 2. The van der Waals surface area contributed by atoms with E-state index >= 15 is 0 Å². The van der Waals surface area contributed by atoms with Crippen LogP contribution in [0, 0.1) is 0 Å². The fourth-order valence-corrected chi connectivity index (χ4v) is 1.38. The van der Waals surface area contributed by atoms with E-state index < -0.39 is 0 Å². The molecule has 0 amide bonds. The summed E-state index contributed by atoms with van der Waals surface area (Å²) in [5, 5.41) is 3.24. The highest BCUT2D eigenvalue weighted by Gasteiger charge is 2.12. The van der Waals surface area contributed by atoms with Crippen molar-refractivity contribution in [2.24, 2.45) is 0 Å². The first-order valence-electron chi connectivity index (χ1n) is 4.02. The normalized spacial score (nSPS) is 15.4. The highest BCUT2D eigenvalue weighted by atomic mass is 15.2. The van der Waals surface area contributed by atoms with Crippen molar-refractivity contribution >= 4 is 5.69 Å². The van der Waals surface area contributed by atoms with Gasteiger partial charge < -0.3 is 10.2 Å². The van der Waals surface area contributed by atoms with Crippen LogP contribution in [-0.2, 0) is 6.54 Å². The fourth-order valence-electron chi connectivity index (χ4n) is 1.38. The molecule has 0 saturated heterocycles. The van der Waals surface area contributed by atoms with Gasteiger partial charge in [0.25, 0.3) is 0 Å². The Bertz CT molecular complexity index is 317. The van der Waals surface area contributed by atoms with Gasteiger partial charge in [-0.05, 0) is 11.6 Å². The van der Waals surface area contributed by atoms with Gasteiger partial charge in [0.1, 0.15) is 0 Å². The van der Waals surface area contributed by atoms with Crippen molar-refractivity contribution in [1.82, 2.24) is 4.90 Å². The predicted octanol–water partition coefficient (Wildman–Crippen LogP) is 2.02. The standard InChI is InChI=1S/C10H12N2/c1-8-11-10-6-4-3-5-9(10)7-12(8)2/h3-6,11H,1,7H2,2H3. The van der Waals surface area contributed by atoms with Crippen molar-refractivity contribution in [3.05, 3.63) is 42.2 Å². The van der Waals surface area contributed by atoms with Crippen LogP contribution < -0.4 is 5.32 Å². The first-order chi connectivity index (χ1) is 5.77. The van der Waals surface area contributed by atoms with Gasteiger partial charge in [0.2, 0.25) is 0 Å². The van der Waals surface area contributed by atoms with Gasteiger partial charge in [-0.2, -0.15) is 0 Å². The molecule has 0 aromatic heterocycles. The minimum absolute atomic E-state index is 0.946. The summed E-state index contributed by atoms with van der Waals surface area (Å²) >= 11 is 0. The lowest BCUT2D eigenvalue weighted by molar-refractivity contribution is 0.408. The van der Waals surface area contributed by atoms with E-state index in [-0.39, 0.29) is 0 Å². The predicted molar refractivity (Wildman–Crippen MR) is 50.7 cm³/mol. The van der Waals surface area contributed by atoms with Crippen LogP contribution in [0.1, 0.15) is 5.56 Å². The van der Waals surface area contributed by atoms with Gasteiger partial charge in [0.05, 0.1) is 5.82 Å². The molecular formula is C10H12N2. The summed E-state index contributed by atoms with van der Waals surface area (Å²) in [4.78, 5) is 2.10. The Labute approximate surface area is 72.5 Å². The molecular weight excluding hydrogens is 148 g/mol. The molecule has 0 bridgehead atoms. The summed E-state index contributed by atoms with van der Waals surface area (Å²) in [5.74, 6) is 0.966. The van der Waals surface area contributed by atoms with Crippen LogP contribution in [-0.4, -0.2) is 11.9 Å². The molecule has 1 heterocycles. The van der Waals surface area contributed by atoms with Crippen molar-refractivity contribution in [3.8, 4) is 0 Å². The molecule has 1 aliphatic heterocycles. The molecule has 1 aromatic carbocycles. The maximum Gasteiger partial charge on any atom is 0.0983 e. The van der Waals surface area contributed by atoms with Gasteiger partial charge >= 0.3 is 0 Å². The SMILES string of the molecule is C=C1Nc2ccccc2CN1C. The highest BCUT2D eigenvalue weighted by molar-refractivity contribution is 5.56. The van der Waals surface area contributed by atoms with E-state index in [1.54, 1.807) is 0 Å². The summed E-state index contributed by atoms with van der Waals surface area (Å²) in [6.45, 7) is 4.86. The molecule has 12 heavy (non-hydrogen) atoms. The van der Waals surface area contributed by atoms with Gasteiger partial charge in [0, 0.05) is 19.3 Å². The minimum atomic E-state index is 0.946. The van der Waals surface area contributed by atoms with Gasteiger partial charge in [-0.1, -0.05) is 24.8 Å². The summed E-state index contributed by atoms with van der Waals surface area (Å²) < 4.78 is 0. The zero-order chi connectivity index (χ0) is 8.55. The molecule has 0 spiro atoms. The minimum Gasteiger partial charge on any atom is -0.357 e. The molecule has 0 radical (unpaired) electrons. The van der Waals surface area contributed by atoms with Crippen molar-refractivity contribution < 1.29 is 0 Å². The molecule has 1 aliphatic rings. The van der Waals surface area contributed by atoms with Gasteiger partial charge in [0.15, 0.2) is 0 Å². The Morgan fingerprint density at radius 1 is 1.42 bits per heavy atom. The molecule has 2 heteroatoms. The molecule has 62 valence electrons. The van der Waals surface area contributed by atoms with E-state index in [2.05, 4.69) is 35.0 Å². The lowest BCUT2D eigenvalue weighted by atomic mass is 10.1. The van der Waals surface area contributed by atoms with E-state index in [0.717, 1.165) is 12.4 Å². The number of nitrogens with zero attached hydrogens (tertiary/aromatic N) is 1. The molecule has 2 nitrogen and oxygen atoms in total. The third-order valence-corrected chi connectivity index (χ3v) is 2.16. The molecule has 2 rings (SSSR count). The summed E-state index contributed by atoms with van der Waals surface area (Å²) in [5.41, 5.74) is 2.51. The van der Waals surface area contributed by atoms with Crippen LogP contribution in [0.15, 0.2) is 36.7 Å². The van der Waals surface area contributed by atoms with Gasteiger partial charge in [-0.15, -0.1) is 0 Å². The number of anilines is 1. The second kappa shape index (κ2) is 2.55. The quantitative estimate of drug-likeness (QED) is 0.624. The molecule has 0 fully saturated rings. The average molecular weight is 160 g/mol. The van der Waals surface area contributed by atoms with Crippen molar-refractivity contribution in [3.63, 3.8) is 0 Å². The number of para-hydroxylation sites is 1. The molecule has 0 aliphatic carbocycles. The summed E-state index contributed by atoms with van der Waals surface area (Å²) in [6, 6.07) is 8.30. The average Bonchev–Trinajstić information content (AvgIpc) is 2.07. The van der Waals surface area contributed by atoms with Crippen LogP contribution >= 0.6 is 0 Å². The maximum atomic E-state index is 3.91. The smallest absolute Gasteiger partial charge is 0.0983 e. The third kappa shape index (κ3) is 1.05. The van der Waals surface area contributed by atoms with Gasteiger partial charge in [-0.25, -0.2) is 0 Å². The number of nitrogens with one attached hydrogen (secondary N) is 1. The van der Waals surface area contributed by atoms with E-state index in [9.17, 15) is 0 Å². The number of rotatable bonds is 0. The van der Waals surface area contributed by atoms with E-state index in [1.165, 1.54) is 11.3 Å². The van der Waals surface area contributed by atoms with Crippen molar-refractivity contribution in [1.29, 1.82) is 0 Å². The van der Waals surface area contributed by atoms with E-state index in [1.807, 2.05) is 13.1 Å². The highest BCUT2D eigenvalue weighted by Crippen LogP contribution is 2.24. The third-order valence-electron chi connectivity index (χ3n) is 2.16. The van der Waals surface area contributed by atoms with Crippen LogP contribution in [0.3, 0.4) is 0 Å². The van der Waals surface area contributed by atoms with Crippen LogP contribution in [0.5, 0.6) is 0 Å². The van der Waals surface area contributed by atoms with E-state index in [4.69, 9.17) is 0 Å². The molecule has 0 unspecified atom stereocenters. The number of benzene rings is 1. The Morgan fingerprint density at radius 3 is 3.00 bits per heavy atom. The molecule has 0 atom stereocenters. The number of hydrogen-bond donors (Lipinski definition) is 1. The largest absolute Gasteiger partial charge is 0.357 e. The monoisotopic (exact) mass is 160 g/mol. The lowest BCUT2D eigenvalue weighted by Crippen LogP contribution is -2.26. The maximum absolute atomic E-state index is 3.91. The van der Waals surface area contributed by atoms with Crippen LogP contribution in [0.4, 0.5) is 5.69 Å². The molecule has 1 N–H and O–H groups in total. The molecule has 1 aromatic rings.